The van der Waals surface area contributed by atoms with E-state index in [9.17, 15) is 0 Å². The van der Waals surface area contributed by atoms with E-state index in [1.807, 2.05) is 0 Å². The van der Waals surface area contributed by atoms with Crippen molar-refractivity contribution in [1.29, 1.82) is 0 Å². The monoisotopic (exact) mass is 673 g/mol. The molecule has 0 fully saturated rings. The van der Waals surface area contributed by atoms with Gasteiger partial charge in [0.15, 0.2) is 0 Å². The van der Waals surface area contributed by atoms with Crippen molar-refractivity contribution in [2.75, 3.05) is 13.1 Å². The second kappa shape index (κ2) is 37.6. The van der Waals surface area contributed by atoms with Crippen LogP contribution in [0.4, 0.5) is 0 Å². The van der Waals surface area contributed by atoms with Crippen molar-refractivity contribution in [2.24, 2.45) is 0 Å². The van der Waals surface area contributed by atoms with Crippen LogP contribution in [0.25, 0.3) is 0 Å². The first kappa shape index (κ1) is 45.4. The van der Waals surface area contributed by atoms with Gasteiger partial charge in [0, 0.05) is 25.5 Å². The van der Waals surface area contributed by atoms with Crippen LogP contribution < -0.4 is 0 Å². The molecule has 1 heterocycles. The highest BCUT2D eigenvalue weighted by molar-refractivity contribution is 4.97. The largest absolute Gasteiger partial charge is 0.356 e. The van der Waals surface area contributed by atoms with Gasteiger partial charge in [-0.1, -0.05) is 239 Å². The van der Waals surface area contributed by atoms with Crippen LogP contribution in [0.5, 0.6) is 0 Å². The molecule has 0 saturated heterocycles. The van der Waals surface area contributed by atoms with Crippen molar-refractivity contribution >= 4 is 0 Å². The molecule has 0 aromatic carbocycles. The third-order valence-electron chi connectivity index (χ3n) is 11.3. The average molecular weight is 673 g/mol. The first-order chi connectivity index (χ1) is 23.8. The molecule has 2 heteroatoms. The van der Waals surface area contributed by atoms with Gasteiger partial charge in [0.05, 0.1) is 0 Å². The highest BCUT2D eigenvalue weighted by Crippen LogP contribution is 2.24. The van der Waals surface area contributed by atoms with E-state index < -0.39 is 0 Å². The number of nitrogens with zero attached hydrogens (tertiary/aromatic N) is 2. The quantitative estimate of drug-likeness (QED) is 0.0598. The maximum absolute atomic E-state index is 2.73. The molecule has 1 atom stereocenters. The third kappa shape index (κ3) is 29.1. The summed E-state index contributed by atoms with van der Waals surface area (Å²) in [5.74, 6) is 0. The predicted octanol–water partition coefficient (Wildman–Crippen LogP) is 16.3. The van der Waals surface area contributed by atoms with Gasteiger partial charge < -0.3 is 9.80 Å². The van der Waals surface area contributed by atoms with Crippen LogP contribution in [-0.2, 0) is 0 Å². The molecule has 0 bridgehead atoms. The molecule has 48 heavy (non-hydrogen) atoms. The molecule has 0 amide bonds. The summed E-state index contributed by atoms with van der Waals surface area (Å²) in [6.07, 6.45) is 60.4. The molecule has 1 aliphatic heterocycles. The van der Waals surface area contributed by atoms with Crippen LogP contribution in [0.3, 0.4) is 0 Å². The molecule has 0 aromatic heterocycles. The van der Waals surface area contributed by atoms with Crippen LogP contribution in [-0.4, -0.2) is 29.1 Å². The van der Waals surface area contributed by atoms with Gasteiger partial charge in [0.1, 0.15) is 6.17 Å². The van der Waals surface area contributed by atoms with Gasteiger partial charge in [-0.2, -0.15) is 0 Å². The van der Waals surface area contributed by atoms with E-state index in [2.05, 4.69) is 43.0 Å². The Hall–Kier alpha value is -0.660. The highest BCUT2D eigenvalue weighted by Gasteiger charge is 2.24. The van der Waals surface area contributed by atoms with E-state index in [1.165, 1.54) is 257 Å². The second-order valence-corrected chi connectivity index (χ2v) is 16.1. The zero-order valence-electron chi connectivity index (χ0n) is 33.9. The Bertz CT molecular complexity index is 630. The van der Waals surface area contributed by atoms with Gasteiger partial charge in [-0.15, -0.1) is 0 Å². The lowest BCUT2D eigenvalue weighted by Crippen LogP contribution is -2.39. The Morgan fingerprint density at radius 1 is 0.271 bits per heavy atom. The summed E-state index contributed by atoms with van der Waals surface area (Å²) in [5, 5.41) is 0. The molecule has 0 radical (unpaired) electrons. The summed E-state index contributed by atoms with van der Waals surface area (Å²) >= 11 is 0. The van der Waals surface area contributed by atoms with Crippen LogP contribution >= 0.6 is 0 Å². The minimum absolute atomic E-state index is 0.638. The van der Waals surface area contributed by atoms with Crippen LogP contribution in [0.2, 0.25) is 0 Å². The fraction of sp³-hybridized carbons (Fsp3) is 0.957. The summed E-state index contributed by atoms with van der Waals surface area (Å²) in [7, 11) is 0. The first-order valence-corrected chi connectivity index (χ1v) is 23.0. The SMILES string of the molecule is CCCCCCCCCCCCCCCCCCN1C=CN(CCCCCCCCCCC)C1CCCCCCCCCCCCCC. The van der Waals surface area contributed by atoms with Gasteiger partial charge in [-0.3, -0.25) is 0 Å². The fourth-order valence-corrected chi connectivity index (χ4v) is 7.95. The predicted molar refractivity (Wildman–Crippen MR) is 219 cm³/mol. The standard InChI is InChI=1S/C46H92N2/c1-4-7-10-13-16-19-21-23-24-25-26-28-31-34-37-40-43-48-45-44-47(42-39-36-33-30-18-15-12-9-6-3)46(48)41-38-35-32-29-27-22-20-17-14-11-8-5-2/h44-46H,4-43H2,1-3H3. The lowest BCUT2D eigenvalue weighted by Gasteiger charge is -2.33. The van der Waals surface area contributed by atoms with Crippen molar-refractivity contribution in [3.8, 4) is 0 Å². The fourth-order valence-electron chi connectivity index (χ4n) is 7.95. The van der Waals surface area contributed by atoms with Crippen LogP contribution in [0, 0.1) is 0 Å². The lowest BCUT2D eigenvalue weighted by atomic mass is 10.0. The molecule has 2 nitrogen and oxygen atoms in total. The highest BCUT2D eigenvalue weighted by atomic mass is 15.4. The molecule has 1 rings (SSSR count). The summed E-state index contributed by atoms with van der Waals surface area (Å²) < 4.78 is 0. The molecule has 286 valence electrons. The van der Waals surface area contributed by atoms with Crippen molar-refractivity contribution in [1.82, 2.24) is 9.80 Å². The molecule has 0 aliphatic carbocycles. The summed E-state index contributed by atoms with van der Waals surface area (Å²) in [4.78, 5) is 5.46. The molecule has 0 saturated carbocycles. The van der Waals surface area contributed by atoms with Crippen LogP contribution in [0.1, 0.15) is 265 Å². The van der Waals surface area contributed by atoms with Gasteiger partial charge in [-0.05, 0) is 25.7 Å². The number of hydrogen-bond acceptors (Lipinski definition) is 2. The van der Waals surface area contributed by atoms with Gasteiger partial charge in [0.2, 0.25) is 0 Å². The van der Waals surface area contributed by atoms with E-state index in [0.717, 1.165) is 0 Å². The molecule has 1 aliphatic rings. The molecule has 0 aromatic rings. The van der Waals surface area contributed by atoms with Crippen molar-refractivity contribution < 1.29 is 0 Å². The smallest absolute Gasteiger partial charge is 0.101 e. The van der Waals surface area contributed by atoms with Crippen molar-refractivity contribution in [3.05, 3.63) is 12.4 Å². The zero-order valence-corrected chi connectivity index (χ0v) is 33.9. The number of rotatable bonds is 40. The van der Waals surface area contributed by atoms with Crippen molar-refractivity contribution in [3.63, 3.8) is 0 Å². The van der Waals surface area contributed by atoms with Crippen LogP contribution in [0.15, 0.2) is 12.4 Å². The molecule has 0 spiro atoms. The minimum atomic E-state index is 0.638. The maximum Gasteiger partial charge on any atom is 0.101 e. The first-order valence-electron chi connectivity index (χ1n) is 23.0. The van der Waals surface area contributed by atoms with E-state index in [-0.39, 0.29) is 0 Å². The van der Waals surface area contributed by atoms with Gasteiger partial charge in [0.25, 0.3) is 0 Å². The Kier molecular flexibility index (Phi) is 35.5. The van der Waals surface area contributed by atoms with E-state index in [4.69, 9.17) is 0 Å². The summed E-state index contributed by atoms with van der Waals surface area (Å²) in [6.45, 7) is 9.49. The Morgan fingerprint density at radius 3 is 0.729 bits per heavy atom. The molecular formula is C46H92N2. The minimum Gasteiger partial charge on any atom is -0.356 e. The Balaban J connectivity index is 2.18. The van der Waals surface area contributed by atoms with Gasteiger partial charge in [-0.25, -0.2) is 0 Å². The summed E-state index contributed by atoms with van der Waals surface area (Å²) in [6, 6.07) is 0. The molecular weight excluding hydrogens is 581 g/mol. The van der Waals surface area contributed by atoms with Crippen molar-refractivity contribution in [2.45, 2.75) is 271 Å². The Labute approximate surface area is 305 Å². The second-order valence-electron chi connectivity index (χ2n) is 16.1. The summed E-state index contributed by atoms with van der Waals surface area (Å²) in [5.41, 5.74) is 0. The van der Waals surface area contributed by atoms with E-state index in [1.54, 1.807) is 0 Å². The number of hydrogen-bond donors (Lipinski definition) is 0. The lowest BCUT2D eigenvalue weighted by molar-refractivity contribution is 0.135. The molecule has 0 N–H and O–H groups in total. The zero-order chi connectivity index (χ0) is 34.4. The average Bonchev–Trinajstić information content (AvgIpc) is 3.48. The van der Waals surface area contributed by atoms with Gasteiger partial charge >= 0.3 is 0 Å². The number of unbranched alkanes of at least 4 members (excludes halogenated alkanes) is 34. The normalized spacial score (nSPS) is 14.6. The molecule has 1 unspecified atom stereocenters. The Morgan fingerprint density at radius 2 is 0.479 bits per heavy atom. The third-order valence-corrected chi connectivity index (χ3v) is 11.3. The van der Waals surface area contributed by atoms with E-state index in [0.29, 0.717) is 6.17 Å². The maximum atomic E-state index is 2.73. The topological polar surface area (TPSA) is 6.48 Å². The van der Waals surface area contributed by atoms with E-state index >= 15 is 0 Å².